The molecule has 1 saturated heterocycles. The molecule has 0 spiro atoms. The lowest BCUT2D eigenvalue weighted by Crippen LogP contribution is -2.31. The van der Waals surface area contributed by atoms with Crippen molar-refractivity contribution in [2.45, 2.75) is 25.8 Å². The highest BCUT2D eigenvalue weighted by atomic mass is 15.2. The summed E-state index contributed by atoms with van der Waals surface area (Å²) in [5, 5.41) is 3.27. The molecule has 3 heterocycles. The van der Waals surface area contributed by atoms with Crippen LogP contribution in [0, 0.1) is 0 Å². The predicted octanol–water partition coefficient (Wildman–Crippen LogP) is 2.06. The van der Waals surface area contributed by atoms with E-state index in [1.807, 2.05) is 18.3 Å². The van der Waals surface area contributed by atoms with Crippen LogP contribution < -0.4 is 16.0 Å². The quantitative estimate of drug-likeness (QED) is 0.894. The van der Waals surface area contributed by atoms with E-state index < -0.39 is 0 Å². The molecular formula is C15H20N6. The highest BCUT2D eigenvalue weighted by Gasteiger charge is 2.17. The van der Waals surface area contributed by atoms with Gasteiger partial charge in [-0.25, -0.2) is 9.97 Å². The summed E-state index contributed by atoms with van der Waals surface area (Å²) in [6.07, 6.45) is 8.84. The molecule has 1 aliphatic rings. The molecule has 110 valence electrons. The second kappa shape index (κ2) is 6.39. The fourth-order valence-corrected chi connectivity index (χ4v) is 2.57. The Hall–Kier alpha value is -2.37. The van der Waals surface area contributed by atoms with Crippen LogP contribution in [0.15, 0.2) is 30.9 Å². The Labute approximate surface area is 124 Å². The maximum Gasteiger partial charge on any atom is 0.157 e. The number of nitrogen functional groups attached to an aromatic ring is 1. The summed E-state index contributed by atoms with van der Waals surface area (Å²) in [7, 11) is 0. The fourth-order valence-electron chi connectivity index (χ4n) is 2.57. The molecule has 0 unspecified atom stereocenters. The Kier molecular flexibility index (Phi) is 4.14. The van der Waals surface area contributed by atoms with Crippen LogP contribution in [0.2, 0.25) is 0 Å². The molecule has 0 saturated carbocycles. The Morgan fingerprint density at radius 2 is 2.05 bits per heavy atom. The SMILES string of the molecule is Nc1c(NCc2cccnc2)ncnc1N1CCCCC1. The lowest BCUT2D eigenvalue weighted by atomic mass is 10.1. The van der Waals surface area contributed by atoms with Gasteiger partial charge in [-0.15, -0.1) is 0 Å². The van der Waals surface area contributed by atoms with Crippen molar-refractivity contribution in [3.63, 3.8) is 0 Å². The van der Waals surface area contributed by atoms with Crippen LogP contribution in [0.1, 0.15) is 24.8 Å². The molecule has 1 aliphatic heterocycles. The van der Waals surface area contributed by atoms with Gasteiger partial charge in [-0.05, 0) is 30.9 Å². The highest BCUT2D eigenvalue weighted by molar-refractivity contribution is 5.74. The molecule has 0 radical (unpaired) electrons. The number of anilines is 3. The molecule has 0 atom stereocenters. The molecule has 1 fully saturated rings. The van der Waals surface area contributed by atoms with Gasteiger partial charge in [0.2, 0.25) is 0 Å². The number of rotatable bonds is 4. The molecule has 3 N–H and O–H groups in total. The van der Waals surface area contributed by atoms with Crippen molar-refractivity contribution in [2.75, 3.05) is 29.0 Å². The van der Waals surface area contributed by atoms with E-state index in [9.17, 15) is 0 Å². The van der Waals surface area contributed by atoms with Gasteiger partial charge in [0, 0.05) is 32.0 Å². The van der Waals surface area contributed by atoms with Gasteiger partial charge in [-0.2, -0.15) is 0 Å². The Morgan fingerprint density at radius 1 is 1.19 bits per heavy atom. The largest absolute Gasteiger partial charge is 0.393 e. The predicted molar refractivity (Wildman–Crippen MR) is 84.1 cm³/mol. The van der Waals surface area contributed by atoms with Gasteiger partial charge in [0.15, 0.2) is 11.6 Å². The number of piperidine rings is 1. The van der Waals surface area contributed by atoms with Gasteiger partial charge < -0.3 is 16.0 Å². The topological polar surface area (TPSA) is 80.0 Å². The molecule has 0 bridgehead atoms. The Morgan fingerprint density at radius 3 is 2.81 bits per heavy atom. The number of pyridine rings is 1. The van der Waals surface area contributed by atoms with Crippen molar-refractivity contribution in [1.29, 1.82) is 0 Å². The van der Waals surface area contributed by atoms with Crippen molar-refractivity contribution in [3.05, 3.63) is 36.4 Å². The first-order chi connectivity index (χ1) is 10.3. The third-order valence-corrected chi connectivity index (χ3v) is 3.70. The number of hydrogen-bond donors (Lipinski definition) is 2. The molecule has 6 heteroatoms. The average Bonchev–Trinajstić information content (AvgIpc) is 2.56. The second-order valence-electron chi connectivity index (χ2n) is 5.22. The zero-order valence-electron chi connectivity index (χ0n) is 12.0. The van der Waals surface area contributed by atoms with Crippen LogP contribution in [0.5, 0.6) is 0 Å². The molecule has 0 aromatic carbocycles. The van der Waals surface area contributed by atoms with E-state index in [0.29, 0.717) is 18.1 Å². The van der Waals surface area contributed by atoms with Crippen molar-refractivity contribution in [2.24, 2.45) is 0 Å². The van der Waals surface area contributed by atoms with Crippen molar-refractivity contribution in [3.8, 4) is 0 Å². The number of aromatic nitrogens is 3. The summed E-state index contributed by atoms with van der Waals surface area (Å²) in [6, 6.07) is 3.93. The van der Waals surface area contributed by atoms with Gasteiger partial charge in [0.25, 0.3) is 0 Å². The van der Waals surface area contributed by atoms with Crippen LogP contribution in [0.3, 0.4) is 0 Å². The summed E-state index contributed by atoms with van der Waals surface area (Å²) < 4.78 is 0. The van der Waals surface area contributed by atoms with E-state index in [1.165, 1.54) is 19.3 Å². The maximum absolute atomic E-state index is 6.23. The molecule has 2 aromatic rings. The van der Waals surface area contributed by atoms with E-state index >= 15 is 0 Å². The minimum absolute atomic E-state index is 0.628. The summed E-state index contributed by atoms with van der Waals surface area (Å²) >= 11 is 0. The number of nitrogens with two attached hydrogens (primary N) is 1. The maximum atomic E-state index is 6.23. The molecule has 21 heavy (non-hydrogen) atoms. The summed E-state index contributed by atoms with van der Waals surface area (Å²) in [5.41, 5.74) is 7.95. The zero-order valence-corrected chi connectivity index (χ0v) is 12.0. The molecule has 6 nitrogen and oxygen atoms in total. The molecule has 0 aliphatic carbocycles. The lowest BCUT2D eigenvalue weighted by Gasteiger charge is -2.28. The summed E-state index contributed by atoms with van der Waals surface area (Å²) in [5.74, 6) is 1.54. The molecule has 2 aromatic heterocycles. The van der Waals surface area contributed by atoms with Gasteiger partial charge >= 0.3 is 0 Å². The molecule has 0 amide bonds. The van der Waals surface area contributed by atoms with Gasteiger partial charge in [0.05, 0.1) is 0 Å². The molecular weight excluding hydrogens is 264 g/mol. The van der Waals surface area contributed by atoms with Crippen LogP contribution in [-0.4, -0.2) is 28.0 Å². The Bertz CT molecular complexity index is 580. The number of nitrogens with one attached hydrogen (secondary N) is 1. The minimum Gasteiger partial charge on any atom is -0.393 e. The fraction of sp³-hybridized carbons (Fsp3) is 0.400. The normalized spacial score (nSPS) is 15.0. The van der Waals surface area contributed by atoms with Crippen LogP contribution in [0.4, 0.5) is 17.3 Å². The van der Waals surface area contributed by atoms with E-state index in [-0.39, 0.29) is 0 Å². The van der Waals surface area contributed by atoms with E-state index in [4.69, 9.17) is 5.73 Å². The number of hydrogen-bond acceptors (Lipinski definition) is 6. The summed E-state index contributed by atoms with van der Waals surface area (Å²) in [4.78, 5) is 15.0. The zero-order chi connectivity index (χ0) is 14.5. The summed E-state index contributed by atoms with van der Waals surface area (Å²) in [6.45, 7) is 2.68. The number of nitrogens with zero attached hydrogens (tertiary/aromatic N) is 4. The van der Waals surface area contributed by atoms with Crippen molar-refractivity contribution in [1.82, 2.24) is 15.0 Å². The first-order valence-electron chi connectivity index (χ1n) is 7.33. The Balaban J connectivity index is 1.73. The third-order valence-electron chi connectivity index (χ3n) is 3.70. The van der Waals surface area contributed by atoms with E-state index in [1.54, 1.807) is 12.5 Å². The van der Waals surface area contributed by atoms with Crippen molar-refractivity contribution < 1.29 is 0 Å². The van der Waals surface area contributed by atoms with E-state index in [2.05, 4.69) is 25.2 Å². The van der Waals surface area contributed by atoms with Crippen molar-refractivity contribution >= 4 is 17.3 Å². The smallest absolute Gasteiger partial charge is 0.157 e. The molecule has 3 rings (SSSR count). The second-order valence-corrected chi connectivity index (χ2v) is 5.22. The first kappa shape index (κ1) is 13.6. The standard InChI is InChI=1S/C15H20N6/c16-13-14(18-10-12-5-4-6-17-9-12)19-11-20-15(13)21-7-2-1-3-8-21/h4-6,9,11H,1-3,7-8,10,16H2,(H,18,19,20). The van der Waals surface area contributed by atoms with Crippen LogP contribution in [-0.2, 0) is 6.54 Å². The minimum atomic E-state index is 0.628. The average molecular weight is 284 g/mol. The highest BCUT2D eigenvalue weighted by Crippen LogP contribution is 2.28. The first-order valence-corrected chi connectivity index (χ1v) is 7.33. The van der Waals surface area contributed by atoms with Crippen LogP contribution >= 0.6 is 0 Å². The van der Waals surface area contributed by atoms with Crippen LogP contribution in [0.25, 0.3) is 0 Å². The van der Waals surface area contributed by atoms with Gasteiger partial charge in [0.1, 0.15) is 12.0 Å². The van der Waals surface area contributed by atoms with Gasteiger partial charge in [-0.1, -0.05) is 6.07 Å². The third kappa shape index (κ3) is 3.21. The van der Waals surface area contributed by atoms with Gasteiger partial charge in [-0.3, -0.25) is 4.98 Å². The van der Waals surface area contributed by atoms with E-state index in [0.717, 1.165) is 24.5 Å². The monoisotopic (exact) mass is 284 g/mol. The lowest BCUT2D eigenvalue weighted by molar-refractivity contribution is 0.573.